The minimum absolute atomic E-state index is 0.0537. The summed E-state index contributed by atoms with van der Waals surface area (Å²) < 4.78 is 5.60. The number of aryl methyl sites for hydroxylation is 1. The Morgan fingerprint density at radius 1 is 1.30 bits per heavy atom. The summed E-state index contributed by atoms with van der Waals surface area (Å²) in [6, 6.07) is 7.50. The Kier molecular flexibility index (Phi) is 6.01. The molecule has 27 heavy (non-hydrogen) atoms. The highest BCUT2D eigenvalue weighted by Gasteiger charge is 2.46. The van der Waals surface area contributed by atoms with Crippen molar-refractivity contribution >= 4 is 11.8 Å². The Hall–Kier alpha value is -2.12. The number of para-hydroxylation sites is 1. The molecular formula is C20H29N3O4. The van der Waals surface area contributed by atoms with Gasteiger partial charge in [0.05, 0.1) is 0 Å². The molecule has 2 aliphatic heterocycles. The number of nitrogens with zero attached hydrogens (tertiary/aromatic N) is 2. The van der Waals surface area contributed by atoms with Crippen molar-refractivity contribution in [3.8, 4) is 5.75 Å². The molecule has 1 aromatic rings. The number of nitrogens with one attached hydrogen (secondary N) is 1. The molecule has 2 heterocycles. The smallest absolute Gasteiger partial charge is 0.254 e. The molecule has 0 saturated carbocycles. The van der Waals surface area contributed by atoms with Gasteiger partial charge in [-0.2, -0.15) is 0 Å². The van der Waals surface area contributed by atoms with Crippen LogP contribution in [0, 0.1) is 6.92 Å². The van der Waals surface area contributed by atoms with Gasteiger partial charge in [0.25, 0.3) is 5.91 Å². The summed E-state index contributed by atoms with van der Waals surface area (Å²) in [5.74, 6) is 0.381. The van der Waals surface area contributed by atoms with Gasteiger partial charge in [-0.25, -0.2) is 0 Å². The lowest BCUT2D eigenvalue weighted by atomic mass is 9.85. The number of hydrogen-bond donors (Lipinski definition) is 2. The maximum absolute atomic E-state index is 12.6. The van der Waals surface area contributed by atoms with Crippen molar-refractivity contribution in [3.05, 3.63) is 29.8 Å². The maximum Gasteiger partial charge on any atom is 0.254 e. The van der Waals surface area contributed by atoms with Gasteiger partial charge >= 0.3 is 0 Å². The van der Waals surface area contributed by atoms with Gasteiger partial charge in [-0.1, -0.05) is 18.2 Å². The number of aliphatic hydroxyl groups is 1. The molecule has 2 amide bonds. The van der Waals surface area contributed by atoms with Crippen molar-refractivity contribution < 1.29 is 19.4 Å². The molecule has 0 aliphatic carbocycles. The number of ether oxygens (including phenoxy) is 1. The highest BCUT2D eigenvalue weighted by molar-refractivity contribution is 5.87. The van der Waals surface area contributed by atoms with Crippen LogP contribution in [0.15, 0.2) is 24.3 Å². The molecule has 2 saturated heterocycles. The Morgan fingerprint density at radius 3 is 2.70 bits per heavy atom. The number of likely N-dealkylation sites (tertiary alicyclic amines) is 1. The molecule has 2 fully saturated rings. The Balaban J connectivity index is 1.56. The summed E-state index contributed by atoms with van der Waals surface area (Å²) in [5.41, 5.74) is 0.412. The number of carbonyl (C=O) groups is 2. The maximum atomic E-state index is 12.6. The number of aliphatic hydroxyl groups excluding tert-OH is 1. The van der Waals surface area contributed by atoms with Crippen molar-refractivity contribution in [1.29, 1.82) is 0 Å². The van der Waals surface area contributed by atoms with Crippen LogP contribution in [0.3, 0.4) is 0 Å². The molecule has 1 spiro atoms. The number of carbonyl (C=O) groups excluding carboxylic acids is 2. The van der Waals surface area contributed by atoms with E-state index in [1.54, 1.807) is 4.90 Å². The van der Waals surface area contributed by atoms with E-state index in [-0.39, 0.29) is 18.4 Å². The molecule has 1 aromatic carbocycles. The van der Waals surface area contributed by atoms with Crippen molar-refractivity contribution in [1.82, 2.24) is 15.1 Å². The van der Waals surface area contributed by atoms with Gasteiger partial charge in [0.1, 0.15) is 17.9 Å². The normalized spacial score (nSPS) is 21.4. The predicted molar refractivity (Wildman–Crippen MR) is 101 cm³/mol. The van der Waals surface area contributed by atoms with Crippen LogP contribution in [-0.2, 0) is 9.59 Å². The molecular weight excluding hydrogens is 346 g/mol. The number of benzene rings is 1. The number of hydrogen-bond acceptors (Lipinski definition) is 5. The minimum Gasteiger partial charge on any atom is -0.490 e. The van der Waals surface area contributed by atoms with E-state index in [1.165, 1.54) is 0 Å². The fraction of sp³-hybridized carbons (Fsp3) is 0.600. The van der Waals surface area contributed by atoms with Crippen molar-refractivity contribution in [2.24, 2.45) is 0 Å². The molecule has 2 N–H and O–H groups in total. The van der Waals surface area contributed by atoms with Gasteiger partial charge in [-0.15, -0.1) is 0 Å². The van der Waals surface area contributed by atoms with Crippen LogP contribution in [-0.4, -0.2) is 78.2 Å². The molecule has 0 unspecified atom stereocenters. The van der Waals surface area contributed by atoms with E-state index < -0.39 is 11.6 Å². The molecule has 3 rings (SSSR count). The topological polar surface area (TPSA) is 82.1 Å². The van der Waals surface area contributed by atoms with E-state index in [2.05, 4.69) is 10.2 Å². The van der Waals surface area contributed by atoms with Crippen LogP contribution >= 0.6 is 0 Å². The van der Waals surface area contributed by atoms with Gasteiger partial charge in [-0.3, -0.25) is 14.5 Å². The molecule has 0 aromatic heterocycles. The standard InChI is InChI=1S/C20H29N3O4/c1-15-6-3-4-7-17(15)27-14-16(24)18(25)23-12-8-20(9-13-23)19(26)21-10-5-11-22(20)2/h3-4,6-7,16,24H,5,8-14H2,1-2H3,(H,21,26)/t16-/m1/s1. The van der Waals surface area contributed by atoms with Crippen LogP contribution < -0.4 is 10.1 Å². The van der Waals surface area contributed by atoms with E-state index in [0.29, 0.717) is 38.2 Å². The lowest BCUT2D eigenvalue weighted by molar-refractivity contribution is -0.148. The first kappa shape index (κ1) is 19.6. The van der Waals surface area contributed by atoms with Crippen LogP contribution in [0.4, 0.5) is 0 Å². The first-order valence-corrected chi connectivity index (χ1v) is 9.59. The van der Waals surface area contributed by atoms with Crippen LogP contribution in [0.5, 0.6) is 5.75 Å². The Morgan fingerprint density at radius 2 is 2.00 bits per heavy atom. The van der Waals surface area contributed by atoms with Gasteiger partial charge in [0.2, 0.25) is 5.91 Å². The SMILES string of the molecule is Cc1ccccc1OC[C@@H](O)C(=O)N1CCC2(CC1)C(=O)NCCCN2C. The largest absolute Gasteiger partial charge is 0.490 e. The Labute approximate surface area is 160 Å². The van der Waals surface area contributed by atoms with Gasteiger partial charge in [0.15, 0.2) is 6.10 Å². The third-order valence-corrected chi connectivity index (χ3v) is 5.79. The van der Waals surface area contributed by atoms with Gasteiger partial charge in [0, 0.05) is 26.2 Å². The first-order valence-electron chi connectivity index (χ1n) is 9.59. The molecule has 2 aliphatic rings. The van der Waals surface area contributed by atoms with Crippen molar-refractivity contribution in [2.75, 3.05) is 39.8 Å². The van der Waals surface area contributed by atoms with E-state index in [9.17, 15) is 14.7 Å². The van der Waals surface area contributed by atoms with Crippen LogP contribution in [0.1, 0.15) is 24.8 Å². The summed E-state index contributed by atoms with van der Waals surface area (Å²) in [6.45, 7) is 4.31. The molecule has 7 heteroatoms. The zero-order valence-electron chi connectivity index (χ0n) is 16.1. The van der Waals surface area contributed by atoms with Crippen molar-refractivity contribution in [3.63, 3.8) is 0 Å². The second kappa shape index (κ2) is 8.27. The summed E-state index contributed by atoms with van der Waals surface area (Å²) in [5, 5.41) is 13.3. The van der Waals surface area contributed by atoms with E-state index in [4.69, 9.17) is 4.74 Å². The second-order valence-corrected chi connectivity index (χ2v) is 7.48. The number of likely N-dealkylation sites (N-methyl/N-ethyl adjacent to an activating group) is 1. The quantitative estimate of drug-likeness (QED) is 0.803. The zero-order valence-corrected chi connectivity index (χ0v) is 16.1. The van der Waals surface area contributed by atoms with Crippen molar-refractivity contribution in [2.45, 2.75) is 37.8 Å². The van der Waals surface area contributed by atoms with Crippen LogP contribution in [0.25, 0.3) is 0 Å². The molecule has 0 bridgehead atoms. The predicted octanol–water partition coefficient (Wildman–Crippen LogP) is 0.548. The van der Waals surface area contributed by atoms with E-state index >= 15 is 0 Å². The fourth-order valence-electron chi connectivity index (χ4n) is 3.94. The third kappa shape index (κ3) is 4.09. The lowest BCUT2D eigenvalue weighted by Crippen LogP contribution is -2.62. The summed E-state index contributed by atoms with van der Waals surface area (Å²) >= 11 is 0. The fourth-order valence-corrected chi connectivity index (χ4v) is 3.94. The highest BCUT2D eigenvalue weighted by Crippen LogP contribution is 2.30. The number of amides is 2. The van der Waals surface area contributed by atoms with E-state index in [0.717, 1.165) is 18.5 Å². The average molecular weight is 375 g/mol. The summed E-state index contributed by atoms with van der Waals surface area (Å²) in [4.78, 5) is 28.9. The van der Waals surface area contributed by atoms with Gasteiger partial charge < -0.3 is 20.1 Å². The third-order valence-electron chi connectivity index (χ3n) is 5.79. The second-order valence-electron chi connectivity index (χ2n) is 7.48. The lowest BCUT2D eigenvalue weighted by Gasteiger charge is -2.45. The molecule has 7 nitrogen and oxygen atoms in total. The summed E-state index contributed by atoms with van der Waals surface area (Å²) in [6.07, 6.45) is 0.875. The monoisotopic (exact) mass is 375 g/mol. The summed E-state index contributed by atoms with van der Waals surface area (Å²) in [7, 11) is 1.98. The molecule has 0 radical (unpaired) electrons. The highest BCUT2D eigenvalue weighted by atomic mass is 16.5. The zero-order chi connectivity index (χ0) is 19.4. The Bertz CT molecular complexity index is 686. The van der Waals surface area contributed by atoms with E-state index in [1.807, 2.05) is 38.2 Å². The minimum atomic E-state index is -1.21. The van der Waals surface area contributed by atoms with Crippen LogP contribution in [0.2, 0.25) is 0 Å². The molecule has 148 valence electrons. The first-order chi connectivity index (χ1) is 12.9. The van der Waals surface area contributed by atoms with Gasteiger partial charge in [-0.05, 0) is 44.9 Å². The number of piperidine rings is 1. The molecule has 1 atom stereocenters. The average Bonchev–Trinajstić information content (AvgIpc) is 2.81. The number of rotatable bonds is 4.